The number of phenols is 2. The van der Waals surface area contributed by atoms with Crippen LogP contribution in [0.2, 0.25) is 0 Å². The molecule has 81 heavy (non-hydrogen) atoms. The number of allylic oxidation sites excluding steroid dienone is 2. The van der Waals surface area contributed by atoms with Gasteiger partial charge in [0.05, 0.1) is 16.3 Å². The van der Waals surface area contributed by atoms with Gasteiger partial charge in [0.2, 0.25) is 17.2 Å². The highest BCUT2D eigenvalue weighted by atomic mass is 127. The summed E-state index contributed by atoms with van der Waals surface area (Å²) in [5.41, 5.74) is -0.549. The Morgan fingerprint density at radius 3 is 2.04 bits per heavy atom. The first-order valence-corrected chi connectivity index (χ1v) is 30.4. The van der Waals surface area contributed by atoms with Crippen molar-refractivity contribution in [3.63, 3.8) is 0 Å². The lowest BCUT2D eigenvalue weighted by atomic mass is 9.89. The molecule has 2 aliphatic rings. The Morgan fingerprint density at radius 1 is 0.716 bits per heavy atom. The van der Waals surface area contributed by atoms with Crippen molar-refractivity contribution in [2.45, 2.75) is 142 Å². The van der Waals surface area contributed by atoms with Crippen molar-refractivity contribution in [2.24, 2.45) is 0 Å². The first-order chi connectivity index (χ1) is 38.8. The Bertz CT molecular complexity index is 3250. The number of amides is 3. The van der Waals surface area contributed by atoms with Crippen molar-refractivity contribution in [3.05, 3.63) is 134 Å². The number of hydrogen-bond donors (Lipinski definition) is 7. The Balaban J connectivity index is 1.09. The molecule has 0 saturated carbocycles. The maximum absolute atomic E-state index is 14.8. The molecule has 6 rings (SSSR count). The molecule has 0 aromatic heterocycles. The predicted molar refractivity (Wildman–Crippen MR) is 331 cm³/mol. The third kappa shape index (κ3) is 18.6. The van der Waals surface area contributed by atoms with Gasteiger partial charge in [0.15, 0.2) is 23.1 Å². The number of carbonyl (C=O) groups excluding carboxylic acids is 3. The van der Waals surface area contributed by atoms with E-state index >= 15 is 0 Å². The number of aryl methyl sites for hydroxylation is 1. The Morgan fingerprint density at radius 2 is 1.38 bits per heavy atom. The highest BCUT2D eigenvalue weighted by molar-refractivity contribution is 14.1. The van der Waals surface area contributed by atoms with Gasteiger partial charge in [-0.3, -0.25) is 19.2 Å². The third-order valence-corrected chi connectivity index (χ3v) is 16.1. The van der Waals surface area contributed by atoms with Crippen molar-refractivity contribution in [1.82, 2.24) is 16.0 Å². The Labute approximate surface area is 509 Å². The second-order valence-corrected chi connectivity index (χ2v) is 23.5. The maximum Gasteiger partial charge on any atom is 0.336 e. The number of carbonyl (C=O) groups is 5. The zero-order chi connectivity index (χ0) is 58.8. The van der Waals surface area contributed by atoms with Gasteiger partial charge in [-0.2, -0.15) is 0 Å². The molecule has 4 aromatic carbocycles. The highest BCUT2D eigenvalue weighted by Gasteiger charge is 2.29. The summed E-state index contributed by atoms with van der Waals surface area (Å²) in [4.78, 5) is 78.7. The van der Waals surface area contributed by atoms with Gasteiger partial charge in [0.1, 0.15) is 34.9 Å². The summed E-state index contributed by atoms with van der Waals surface area (Å²) in [6, 6.07) is 11.7. The van der Waals surface area contributed by atoms with Crippen LogP contribution in [-0.2, 0) is 20.8 Å². The molecule has 4 aromatic rings. The fourth-order valence-corrected chi connectivity index (χ4v) is 12.2. The lowest BCUT2D eigenvalue weighted by molar-refractivity contribution is -0.142. The van der Waals surface area contributed by atoms with E-state index in [1.807, 2.05) is 22.6 Å². The second kappa shape index (κ2) is 31.5. The van der Waals surface area contributed by atoms with E-state index in [0.29, 0.717) is 39.8 Å². The van der Waals surface area contributed by atoms with Crippen LogP contribution in [0.4, 0.5) is 8.78 Å². The van der Waals surface area contributed by atoms with Gasteiger partial charge in [0.25, 0.3) is 5.91 Å². The number of aromatic hydroxyl groups is 2. The first-order valence-electron chi connectivity index (χ1n) is 27.1. The number of carboxylic acid groups (broad SMARTS) is 2. The van der Waals surface area contributed by atoms with Crippen LogP contribution in [0.3, 0.4) is 0 Å². The van der Waals surface area contributed by atoms with Crippen molar-refractivity contribution in [3.8, 4) is 45.4 Å². The van der Waals surface area contributed by atoms with Crippen molar-refractivity contribution < 1.29 is 62.3 Å². The van der Waals surface area contributed by atoms with Gasteiger partial charge < -0.3 is 45.5 Å². The van der Waals surface area contributed by atoms with E-state index in [2.05, 4.69) is 80.2 Å². The normalized spacial score (nSPS) is 12.2. The van der Waals surface area contributed by atoms with Crippen LogP contribution in [-0.4, -0.2) is 68.7 Å². The summed E-state index contributed by atoms with van der Waals surface area (Å²) >= 11 is 6.21. The number of nitrogens with one attached hydrogen (secondary N) is 3. The quantitative estimate of drug-likeness (QED) is 0.00931. The summed E-state index contributed by atoms with van der Waals surface area (Å²) in [5.74, 6) is -6.49. The van der Waals surface area contributed by atoms with E-state index in [0.717, 1.165) is 68.9 Å². The SMILES string of the molecule is CCCCCCCC/C=C\CCCCCCCC(=O)NC(CCCCNC(=O)c1ccc(-c2c3cc(F)c(=O)cc-3oc3cc(O)c(F)cc23)c(C(=O)O)c1)C(=O)NC(Cc1cc(I)c(Oc2cc(C)c(O)c(I)c2)c(I)c1)C(=O)O. The Kier molecular flexibility index (Phi) is 25.0. The molecule has 20 heteroatoms. The van der Waals surface area contributed by atoms with Gasteiger partial charge in [-0.15, -0.1) is 0 Å². The molecule has 1 aliphatic carbocycles. The Hall–Kier alpha value is -5.89. The minimum atomic E-state index is -1.49. The van der Waals surface area contributed by atoms with E-state index in [9.17, 15) is 58.0 Å². The molecule has 2 atom stereocenters. The molecule has 3 amide bonds. The van der Waals surface area contributed by atoms with Crippen molar-refractivity contribution in [1.29, 1.82) is 0 Å². The molecule has 0 fully saturated rings. The molecule has 0 spiro atoms. The third-order valence-electron chi connectivity index (χ3n) is 13.7. The fourth-order valence-electron chi connectivity index (χ4n) is 9.36. The van der Waals surface area contributed by atoms with Crippen molar-refractivity contribution in [2.75, 3.05) is 6.54 Å². The van der Waals surface area contributed by atoms with E-state index in [4.69, 9.17) is 9.15 Å². The van der Waals surface area contributed by atoms with Crippen LogP contribution in [0.1, 0.15) is 148 Å². The number of halogens is 5. The number of aliphatic carboxylic acids is 1. The van der Waals surface area contributed by atoms with Crippen molar-refractivity contribution >= 4 is 108 Å². The standard InChI is InChI=1S/C61H66F2I3N3O12/c1-3-4-5-6-7-8-9-10-11-12-13-14-15-16-17-21-54(72)68-48(59(75)69-49(61(78)79)28-36-26-46(65)57(47(66)27-36)80-38-25-35(2)56(73)45(64)30-38)20-18-19-24-67-58(74)37-22-23-39(40(29-37)60(76)77)55-41-31-43(62)50(70)33-52(41)81-53-34-51(71)44(63)32-42(53)55/h10-11,22-23,25-27,29-34,48-49,70,73H,3-9,12-21,24,28H2,1-2H3,(H,67,74)(H,68,72)(H,69,75)(H,76,77)(H,78,79)/b11-10-. The summed E-state index contributed by atoms with van der Waals surface area (Å²) in [6.45, 7) is 4.03. The molecular weight excluding hydrogens is 1390 g/mol. The van der Waals surface area contributed by atoms with Gasteiger partial charge in [-0.05, 0) is 191 Å². The van der Waals surface area contributed by atoms with Crippen LogP contribution in [0, 0.1) is 29.3 Å². The summed E-state index contributed by atoms with van der Waals surface area (Å²) in [5, 5.41) is 49.2. The molecule has 0 bridgehead atoms. The molecule has 15 nitrogen and oxygen atoms in total. The monoisotopic (exact) mass is 1450 g/mol. The number of rotatable bonds is 31. The van der Waals surface area contributed by atoms with E-state index in [-0.39, 0.29) is 89.3 Å². The number of ether oxygens (including phenoxy) is 1. The molecule has 0 radical (unpaired) electrons. The predicted octanol–water partition coefficient (Wildman–Crippen LogP) is 14.1. The van der Waals surface area contributed by atoms with Gasteiger partial charge in [-0.25, -0.2) is 18.4 Å². The molecule has 432 valence electrons. The molecular formula is C61H66F2I3N3O12. The van der Waals surface area contributed by atoms with Crippen LogP contribution in [0.5, 0.6) is 23.0 Å². The average molecular weight is 1450 g/mol. The molecule has 0 saturated heterocycles. The van der Waals surface area contributed by atoms with Gasteiger partial charge in [0, 0.05) is 53.6 Å². The topological polar surface area (TPSA) is 242 Å². The minimum Gasteiger partial charge on any atom is -0.507 e. The van der Waals surface area contributed by atoms with E-state index in [1.54, 1.807) is 31.2 Å². The fraction of sp³-hybridized carbons (Fsp3) is 0.377. The van der Waals surface area contributed by atoms with Gasteiger partial charge in [-0.1, -0.05) is 76.5 Å². The number of benzene rings is 5. The lowest BCUT2D eigenvalue weighted by Crippen LogP contribution is -2.52. The number of carboxylic acids is 2. The summed E-state index contributed by atoms with van der Waals surface area (Å²) in [6.07, 6.45) is 19.5. The number of unbranched alkanes of at least 4 members (excludes halogenated alkanes) is 12. The van der Waals surface area contributed by atoms with Gasteiger partial charge >= 0.3 is 11.9 Å². The lowest BCUT2D eigenvalue weighted by Gasteiger charge is -2.22. The van der Waals surface area contributed by atoms with E-state index < -0.39 is 64.2 Å². The highest BCUT2D eigenvalue weighted by Crippen LogP contribution is 2.43. The molecule has 2 unspecified atom stereocenters. The molecule has 1 aliphatic heterocycles. The average Bonchev–Trinajstić information content (AvgIpc) is 3.03. The summed E-state index contributed by atoms with van der Waals surface area (Å²) in [7, 11) is 0. The maximum atomic E-state index is 14.8. The van der Waals surface area contributed by atoms with Crippen LogP contribution in [0.15, 0.2) is 88.1 Å². The zero-order valence-corrected chi connectivity index (χ0v) is 51.5. The van der Waals surface area contributed by atoms with Crippen LogP contribution < -0.4 is 26.1 Å². The summed E-state index contributed by atoms with van der Waals surface area (Å²) < 4.78 is 43.4. The molecule has 1 heterocycles. The number of aromatic carboxylic acids is 1. The zero-order valence-electron chi connectivity index (χ0n) is 45.0. The van der Waals surface area contributed by atoms with E-state index in [1.165, 1.54) is 50.7 Å². The number of fused-ring (bicyclic) bond motifs is 2. The number of hydrogen-bond acceptors (Lipinski definition) is 10. The smallest absolute Gasteiger partial charge is 0.336 e. The van der Waals surface area contributed by atoms with Crippen LogP contribution in [0.25, 0.3) is 33.4 Å². The molecule has 7 N–H and O–H groups in total. The minimum absolute atomic E-state index is 0.0252. The first kappa shape index (κ1) is 64.3. The number of phenolic OH excluding ortho intramolecular Hbond substituents is 2. The van der Waals surface area contributed by atoms with Crippen LogP contribution >= 0.6 is 67.8 Å². The second-order valence-electron chi connectivity index (χ2n) is 20.0. The largest absolute Gasteiger partial charge is 0.507 e.